The largest absolute Gasteiger partial charge is 0.481 e. The summed E-state index contributed by atoms with van der Waals surface area (Å²) in [6.07, 6.45) is 2.79. The Kier molecular flexibility index (Phi) is 5.00. The van der Waals surface area contributed by atoms with Gasteiger partial charge in [-0.1, -0.05) is 17.7 Å². The maximum atomic E-state index is 12.5. The number of Topliss-reactive ketones (excluding diaryl/α,β-unsaturated/α-hetero) is 1. The summed E-state index contributed by atoms with van der Waals surface area (Å²) >= 11 is 0. The van der Waals surface area contributed by atoms with Crippen molar-refractivity contribution >= 4 is 21.8 Å². The average Bonchev–Trinajstić information content (AvgIpc) is 2.98. The second-order valence-electron chi connectivity index (χ2n) is 5.22. The summed E-state index contributed by atoms with van der Waals surface area (Å²) < 4.78 is 25.9. The minimum Gasteiger partial charge on any atom is -0.481 e. The minimum absolute atomic E-state index is 0.0703. The van der Waals surface area contributed by atoms with Crippen LogP contribution < -0.4 is 0 Å². The molecule has 2 rings (SSSR count). The topological polar surface area (TPSA) is 93.4 Å². The van der Waals surface area contributed by atoms with Gasteiger partial charge in [-0.25, -0.2) is 12.4 Å². The molecule has 0 amide bonds. The predicted octanol–water partition coefficient (Wildman–Crippen LogP) is 2.47. The summed E-state index contributed by atoms with van der Waals surface area (Å²) in [6, 6.07) is 7.86. The van der Waals surface area contributed by atoms with Crippen molar-refractivity contribution in [3.8, 4) is 0 Å². The van der Waals surface area contributed by atoms with E-state index in [2.05, 4.69) is 0 Å². The molecule has 0 atom stereocenters. The molecule has 23 heavy (non-hydrogen) atoms. The normalized spacial score (nSPS) is 11.3. The van der Waals surface area contributed by atoms with Crippen LogP contribution in [0.3, 0.4) is 0 Å². The van der Waals surface area contributed by atoms with E-state index in [1.807, 2.05) is 6.92 Å². The number of aromatic nitrogens is 1. The van der Waals surface area contributed by atoms with Crippen LogP contribution in [0.4, 0.5) is 0 Å². The summed E-state index contributed by atoms with van der Waals surface area (Å²) in [7, 11) is -3.73. The maximum Gasteiger partial charge on any atom is 0.303 e. The van der Waals surface area contributed by atoms with E-state index in [0.717, 1.165) is 9.54 Å². The Hall–Kier alpha value is -2.41. The number of aryl methyl sites for hydroxylation is 1. The number of benzene rings is 1. The lowest BCUT2D eigenvalue weighted by atomic mass is 10.1. The quantitative estimate of drug-likeness (QED) is 0.785. The number of carbonyl (C=O) groups excluding carboxylic acids is 1. The molecule has 0 saturated carbocycles. The first-order valence-corrected chi connectivity index (χ1v) is 8.50. The van der Waals surface area contributed by atoms with Gasteiger partial charge in [-0.05, 0) is 31.5 Å². The zero-order chi connectivity index (χ0) is 17.0. The van der Waals surface area contributed by atoms with Crippen molar-refractivity contribution in [2.45, 2.75) is 31.1 Å². The molecule has 0 aliphatic heterocycles. The molecule has 0 aliphatic carbocycles. The van der Waals surface area contributed by atoms with Gasteiger partial charge in [0.25, 0.3) is 10.0 Å². The third kappa shape index (κ3) is 4.07. The molecule has 1 heterocycles. The molecule has 0 unspecified atom stereocenters. The fourth-order valence-corrected chi connectivity index (χ4v) is 3.26. The van der Waals surface area contributed by atoms with Crippen LogP contribution in [0.25, 0.3) is 0 Å². The number of carbonyl (C=O) groups is 2. The highest BCUT2D eigenvalue weighted by Crippen LogP contribution is 2.17. The van der Waals surface area contributed by atoms with Crippen molar-refractivity contribution in [3.63, 3.8) is 0 Å². The zero-order valence-electron chi connectivity index (χ0n) is 12.6. The number of carboxylic acids is 1. The van der Waals surface area contributed by atoms with Crippen molar-refractivity contribution in [1.29, 1.82) is 0 Å². The molecule has 0 bridgehead atoms. The lowest BCUT2D eigenvalue weighted by Crippen LogP contribution is -2.11. The van der Waals surface area contributed by atoms with E-state index in [0.29, 0.717) is 0 Å². The molecule has 0 radical (unpaired) electrons. The maximum absolute atomic E-state index is 12.5. The molecule has 122 valence electrons. The molecular formula is C16H17NO5S. The molecule has 1 aromatic heterocycles. The second-order valence-corrected chi connectivity index (χ2v) is 7.06. The SMILES string of the molecule is Cc1ccc(S(=O)(=O)n2ccc(C(=O)CCCC(=O)O)c2)cc1. The Bertz CT molecular complexity index is 818. The van der Waals surface area contributed by atoms with E-state index >= 15 is 0 Å². The summed E-state index contributed by atoms with van der Waals surface area (Å²) in [5, 5.41) is 8.56. The Morgan fingerprint density at radius 2 is 1.74 bits per heavy atom. The first-order chi connectivity index (χ1) is 10.8. The van der Waals surface area contributed by atoms with Gasteiger partial charge < -0.3 is 5.11 Å². The summed E-state index contributed by atoms with van der Waals surface area (Å²) in [5.74, 6) is -1.23. The molecule has 7 heteroatoms. The van der Waals surface area contributed by atoms with Crippen LogP contribution in [-0.2, 0) is 14.8 Å². The van der Waals surface area contributed by atoms with Crippen LogP contribution >= 0.6 is 0 Å². The number of carboxylic acid groups (broad SMARTS) is 1. The van der Waals surface area contributed by atoms with E-state index in [9.17, 15) is 18.0 Å². The first-order valence-electron chi connectivity index (χ1n) is 7.06. The lowest BCUT2D eigenvalue weighted by Gasteiger charge is -2.05. The molecule has 6 nitrogen and oxygen atoms in total. The van der Waals surface area contributed by atoms with Crippen molar-refractivity contribution in [3.05, 3.63) is 53.9 Å². The Morgan fingerprint density at radius 1 is 1.09 bits per heavy atom. The van der Waals surface area contributed by atoms with Gasteiger partial charge in [0, 0.05) is 30.8 Å². The van der Waals surface area contributed by atoms with Crippen LogP contribution in [0.5, 0.6) is 0 Å². The fourth-order valence-electron chi connectivity index (χ4n) is 2.07. The van der Waals surface area contributed by atoms with Gasteiger partial charge in [-0.2, -0.15) is 0 Å². The van der Waals surface area contributed by atoms with Gasteiger partial charge in [0.1, 0.15) is 0 Å². The summed E-state index contributed by atoms with van der Waals surface area (Å²) in [6.45, 7) is 1.86. The van der Waals surface area contributed by atoms with Gasteiger partial charge in [0.15, 0.2) is 5.78 Å². The highest BCUT2D eigenvalue weighted by molar-refractivity contribution is 7.90. The van der Waals surface area contributed by atoms with E-state index in [-0.39, 0.29) is 35.5 Å². The number of aliphatic carboxylic acids is 1. The number of hydrogen-bond acceptors (Lipinski definition) is 4. The van der Waals surface area contributed by atoms with Crippen molar-refractivity contribution in [2.75, 3.05) is 0 Å². The van der Waals surface area contributed by atoms with Crippen molar-refractivity contribution in [2.24, 2.45) is 0 Å². The third-order valence-corrected chi connectivity index (χ3v) is 5.03. The van der Waals surface area contributed by atoms with Gasteiger partial charge >= 0.3 is 5.97 Å². The molecule has 0 saturated heterocycles. The van der Waals surface area contributed by atoms with Crippen LogP contribution in [0.15, 0.2) is 47.6 Å². The molecule has 2 aromatic rings. The summed E-state index contributed by atoms with van der Waals surface area (Å²) in [4.78, 5) is 22.5. The average molecular weight is 335 g/mol. The smallest absolute Gasteiger partial charge is 0.303 e. The van der Waals surface area contributed by atoms with Gasteiger partial charge in [0.2, 0.25) is 0 Å². The van der Waals surface area contributed by atoms with Crippen molar-refractivity contribution in [1.82, 2.24) is 3.97 Å². The molecular weight excluding hydrogens is 318 g/mol. The summed E-state index contributed by atoms with van der Waals surface area (Å²) in [5.41, 5.74) is 1.21. The monoisotopic (exact) mass is 335 g/mol. The number of hydrogen-bond donors (Lipinski definition) is 1. The standard InChI is InChI=1S/C16H17NO5S/c1-12-5-7-14(8-6-12)23(21,22)17-10-9-13(11-17)15(18)3-2-4-16(19)20/h5-11H,2-4H2,1H3,(H,19,20). The highest BCUT2D eigenvalue weighted by atomic mass is 32.2. The van der Waals surface area contributed by atoms with Gasteiger partial charge in [0.05, 0.1) is 4.90 Å². The molecule has 1 aromatic carbocycles. The van der Waals surface area contributed by atoms with Crippen LogP contribution in [-0.4, -0.2) is 29.2 Å². The lowest BCUT2D eigenvalue weighted by molar-refractivity contribution is -0.137. The number of rotatable bonds is 7. The van der Waals surface area contributed by atoms with Crippen LogP contribution in [0.2, 0.25) is 0 Å². The van der Waals surface area contributed by atoms with E-state index in [1.165, 1.54) is 30.6 Å². The van der Waals surface area contributed by atoms with Gasteiger partial charge in [-0.15, -0.1) is 0 Å². The van der Waals surface area contributed by atoms with Gasteiger partial charge in [-0.3, -0.25) is 9.59 Å². The highest BCUT2D eigenvalue weighted by Gasteiger charge is 2.18. The van der Waals surface area contributed by atoms with E-state index in [4.69, 9.17) is 5.11 Å². The van der Waals surface area contributed by atoms with Crippen molar-refractivity contribution < 1.29 is 23.1 Å². The predicted molar refractivity (Wildman–Crippen MR) is 84.0 cm³/mol. The third-order valence-electron chi connectivity index (χ3n) is 3.38. The molecule has 0 fully saturated rings. The zero-order valence-corrected chi connectivity index (χ0v) is 13.4. The molecule has 0 spiro atoms. The second kappa shape index (κ2) is 6.78. The number of nitrogens with zero attached hydrogens (tertiary/aromatic N) is 1. The fraction of sp³-hybridized carbons (Fsp3) is 0.250. The first kappa shape index (κ1) is 17.0. The molecule has 0 aliphatic rings. The Balaban J connectivity index is 2.16. The van der Waals surface area contributed by atoms with Crippen LogP contribution in [0.1, 0.15) is 35.2 Å². The van der Waals surface area contributed by atoms with Crippen LogP contribution in [0, 0.1) is 6.92 Å². The Labute approximate surface area is 134 Å². The van der Waals surface area contributed by atoms with E-state index in [1.54, 1.807) is 12.1 Å². The Morgan fingerprint density at radius 3 is 2.35 bits per heavy atom. The molecule has 1 N–H and O–H groups in total. The minimum atomic E-state index is -3.73. The number of ketones is 1. The van der Waals surface area contributed by atoms with E-state index < -0.39 is 16.0 Å².